The van der Waals surface area contributed by atoms with Crippen molar-refractivity contribution in [3.63, 3.8) is 0 Å². The van der Waals surface area contributed by atoms with Gasteiger partial charge in [0.1, 0.15) is 18.1 Å². The van der Waals surface area contributed by atoms with Crippen LogP contribution in [0.2, 0.25) is 0 Å². The maximum Gasteiger partial charge on any atom is 0.128 e. The van der Waals surface area contributed by atoms with Crippen LogP contribution >= 0.6 is 0 Å². The van der Waals surface area contributed by atoms with E-state index in [0.29, 0.717) is 6.61 Å². The van der Waals surface area contributed by atoms with Crippen LogP contribution in [-0.4, -0.2) is 20.3 Å². The van der Waals surface area contributed by atoms with E-state index in [1.165, 1.54) is 11.1 Å². The minimum Gasteiger partial charge on any atom is -0.497 e. The second-order valence-electron chi connectivity index (χ2n) is 6.16. The normalized spacial score (nSPS) is 18.1. The Labute approximate surface area is 116 Å². The van der Waals surface area contributed by atoms with E-state index < -0.39 is 0 Å². The van der Waals surface area contributed by atoms with E-state index in [9.17, 15) is 0 Å². The van der Waals surface area contributed by atoms with Crippen LogP contribution in [0.4, 0.5) is 0 Å². The lowest BCUT2D eigenvalue weighted by Gasteiger charge is -2.23. The van der Waals surface area contributed by atoms with Crippen LogP contribution in [0.5, 0.6) is 11.5 Å². The molecule has 106 valence electrons. The predicted octanol–water partition coefficient (Wildman–Crippen LogP) is 3.43. The summed E-state index contributed by atoms with van der Waals surface area (Å²) in [5.41, 5.74) is 2.51. The molecule has 0 fully saturated rings. The zero-order valence-corrected chi connectivity index (χ0v) is 12.7. The van der Waals surface area contributed by atoms with Gasteiger partial charge in [-0.05, 0) is 30.5 Å². The van der Waals surface area contributed by atoms with Crippen molar-refractivity contribution in [3.05, 3.63) is 23.3 Å². The smallest absolute Gasteiger partial charge is 0.128 e. The van der Waals surface area contributed by atoms with Crippen molar-refractivity contribution < 1.29 is 9.47 Å². The summed E-state index contributed by atoms with van der Waals surface area (Å²) in [6, 6.07) is 4.48. The topological polar surface area (TPSA) is 30.5 Å². The fourth-order valence-electron chi connectivity index (χ4n) is 2.46. The third-order valence-corrected chi connectivity index (χ3v) is 3.55. The van der Waals surface area contributed by atoms with Crippen LogP contribution in [0.3, 0.4) is 0 Å². The number of methoxy groups -OCH3 is 1. The average Bonchev–Trinajstić information content (AvgIpc) is 2.76. The summed E-state index contributed by atoms with van der Waals surface area (Å²) < 4.78 is 11.4. The lowest BCUT2D eigenvalue weighted by atomic mass is 9.84. The lowest BCUT2D eigenvalue weighted by Crippen LogP contribution is -2.23. The van der Waals surface area contributed by atoms with Gasteiger partial charge in [-0.1, -0.05) is 27.7 Å². The molecular weight excluding hydrogens is 238 g/mol. The summed E-state index contributed by atoms with van der Waals surface area (Å²) in [5, 5.41) is 3.54. The summed E-state index contributed by atoms with van der Waals surface area (Å²) in [6.45, 7) is 10.5. The standard InChI is InChI=1S/C16H25NO2/c1-6-7-17-14-10-19-15-12(14)8-11(18-5)9-13(15)16(2,3)4/h8-9,14,17H,6-7,10H2,1-5H3. The van der Waals surface area contributed by atoms with Gasteiger partial charge in [0.05, 0.1) is 13.2 Å². The zero-order valence-electron chi connectivity index (χ0n) is 12.7. The van der Waals surface area contributed by atoms with Crippen LogP contribution in [0.1, 0.15) is 51.3 Å². The molecule has 1 aromatic rings. The van der Waals surface area contributed by atoms with Crippen molar-refractivity contribution in [2.75, 3.05) is 20.3 Å². The molecule has 1 atom stereocenters. The maximum atomic E-state index is 5.95. The minimum atomic E-state index is 0.0538. The Balaban J connectivity index is 2.42. The monoisotopic (exact) mass is 263 g/mol. The number of hydrogen-bond acceptors (Lipinski definition) is 3. The van der Waals surface area contributed by atoms with Crippen molar-refractivity contribution >= 4 is 0 Å². The molecular formula is C16H25NO2. The van der Waals surface area contributed by atoms with Gasteiger partial charge in [0, 0.05) is 11.1 Å². The summed E-state index contributed by atoms with van der Waals surface area (Å²) in [6.07, 6.45) is 1.13. The quantitative estimate of drug-likeness (QED) is 0.903. The predicted molar refractivity (Wildman–Crippen MR) is 78.2 cm³/mol. The maximum absolute atomic E-state index is 5.95. The highest BCUT2D eigenvalue weighted by molar-refractivity contribution is 5.53. The summed E-state index contributed by atoms with van der Waals surface area (Å²) in [5.74, 6) is 1.96. The highest BCUT2D eigenvalue weighted by Crippen LogP contribution is 2.43. The van der Waals surface area contributed by atoms with Gasteiger partial charge in [-0.25, -0.2) is 0 Å². The Morgan fingerprint density at radius 2 is 2.11 bits per heavy atom. The van der Waals surface area contributed by atoms with Crippen LogP contribution in [0.15, 0.2) is 12.1 Å². The molecule has 1 unspecified atom stereocenters. The molecule has 1 aliphatic rings. The van der Waals surface area contributed by atoms with E-state index in [2.05, 4.69) is 45.1 Å². The van der Waals surface area contributed by atoms with E-state index in [4.69, 9.17) is 9.47 Å². The Kier molecular flexibility index (Phi) is 4.04. The number of nitrogens with one attached hydrogen (secondary N) is 1. The Bertz CT molecular complexity index is 449. The highest BCUT2D eigenvalue weighted by Gasteiger charge is 2.31. The minimum absolute atomic E-state index is 0.0538. The van der Waals surface area contributed by atoms with Crippen molar-refractivity contribution in [1.82, 2.24) is 5.32 Å². The first kappa shape index (κ1) is 14.2. The average molecular weight is 263 g/mol. The third kappa shape index (κ3) is 2.86. The Hall–Kier alpha value is -1.22. The number of benzene rings is 1. The second kappa shape index (κ2) is 5.41. The van der Waals surface area contributed by atoms with Gasteiger partial charge >= 0.3 is 0 Å². The van der Waals surface area contributed by atoms with Gasteiger partial charge in [0.25, 0.3) is 0 Å². The Morgan fingerprint density at radius 1 is 1.37 bits per heavy atom. The summed E-state index contributed by atoms with van der Waals surface area (Å²) in [7, 11) is 1.72. The first-order chi connectivity index (χ1) is 8.97. The highest BCUT2D eigenvalue weighted by atomic mass is 16.5. The van der Waals surface area contributed by atoms with E-state index in [-0.39, 0.29) is 11.5 Å². The van der Waals surface area contributed by atoms with Crippen LogP contribution in [0, 0.1) is 0 Å². The molecule has 3 nitrogen and oxygen atoms in total. The molecule has 0 saturated heterocycles. The summed E-state index contributed by atoms with van der Waals surface area (Å²) >= 11 is 0. The molecule has 0 aliphatic carbocycles. The van der Waals surface area contributed by atoms with E-state index >= 15 is 0 Å². The van der Waals surface area contributed by atoms with Crippen LogP contribution in [-0.2, 0) is 5.41 Å². The fourth-order valence-corrected chi connectivity index (χ4v) is 2.46. The van der Waals surface area contributed by atoms with Gasteiger partial charge in [-0.3, -0.25) is 0 Å². The number of ether oxygens (including phenoxy) is 2. The lowest BCUT2D eigenvalue weighted by molar-refractivity contribution is 0.306. The molecule has 0 spiro atoms. The van der Waals surface area contributed by atoms with Crippen molar-refractivity contribution in [1.29, 1.82) is 0 Å². The van der Waals surface area contributed by atoms with Gasteiger partial charge in [-0.2, -0.15) is 0 Å². The molecule has 3 heteroatoms. The first-order valence-electron chi connectivity index (χ1n) is 7.06. The van der Waals surface area contributed by atoms with Crippen molar-refractivity contribution in [3.8, 4) is 11.5 Å². The van der Waals surface area contributed by atoms with Gasteiger partial charge in [-0.15, -0.1) is 0 Å². The number of fused-ring (bicyclic) bond motifs is 1. The third-order valence-electron chi connectivity index (χ3n) is 3.55. The SMILES string of the molecule is CCCNC1COc2c1cc(OC)cc2C(C)(C)C. The molecule has 0 bridgehead atoms. The molecule has 1 heterocycles. The molecule has 19 heavy (non-hydrogen) atoms. The van der Waals surface area contributed by atoms with Crippen LogP contribution in [0.25, 0.3) is 0 Å². The zero-order chi connectivity index (χ0) is 14.0. The van der Waals surface area contributed by atoms with E-state index in [0.717, 1.165) is 24.5 Å². The molecule has 2 rings (SSSR count). The molecule has 0 radical (unpaired) electrons. The van der Waals surface area contributed by atoms with Crippen molar-refractivity contribution in [2.24, 2.45) is 0 Å². The van der Waals surface area contributed by atoms with Gasteiger partial charge in [0.2, 0.25) is 0 Å². The molecule has 0 saturated carbocycles. The Morgan fingerprint density at radius 3 is 2.68 bits per heavy atom. The molecule has 0 amide bonds. The molecule has 1 N–H and O–H groups in total. The largest absolute Gasteiger partial charge is 0.497 e. The van der Waals surface area contributed by atoms with Gasteiger partial charge < -0.3 is 14.8 Å². The van der Waals surface area contributed by atoms with Gasteiger partial charge in [0.15, 0.2) is 0 Å². The number of hydrogen-bond donors (Lipinski definition) is 1. The van der Waals surface area contributed by atoms with E-state index in [1.807, 2.05) is 0 Å². The second-order valence-corrected chi connectivity index (χ2v) is 6.16. The van der Waals surface area contributed by atoms with Crippen molar-refractivity contribution in [2.45, 2.75) is 45.6 Å². The van der Waals surface area contributed by atoms with E-state index in [1.54, 1.807) is 7.11 Å². The number of rotatable bonds is 4. The molecule has 1 aliphatic heterocycles. The molecule has 0 aromatic heterocycles. The first-order valence-corrected chi connectivity index (χ1v) is 7.06. The summed E-state index contributed by atoms with van der Waals surface area (Å²) in [4.78, 5) is 0. The van der Waals surface area contributed by atoms with Crippen LogP contribution < -0.4 is 14.8 Å². The molecule has 1 aromatic carbocycles. The fraction of sp³-hybridized carbons (Fsp3) is 0.625.